The van der Waals surface area contributed by atoms with Crippen LogP contribution in [-0.2, 0) is 26.3 Å². The summed E-state index contributed by atoms with van der Waals surface area (Å²) in [5.74, 6) is 0.528. The molecule has 12 heteroatoms. The Bertz CT molecular complexity index is 851. The number of benzene rings is 1. The zero-order valence-electron chi connectivity index (χ0n) is 15.8. The molecule has 1 aromatic heterocycles. The molecule has 2 aromatic rings. The van der Waals surface area contributed by atoms with Crippen LogP contribution in [0.5, 0.6) is 11.5 Å². The number of rotatable bonds is 7. The number of aryl methyl sites for hydroxylation is 1. The van der Waals surface area contributed by atoms with Crippen molar-refractivity contribution in [1.29, 1.82) is 0 Å². The van der Waals surface area contributed by atoms with Crippen LogP contribution in [0.2, 0.25) is 0 Å². The lowest BCUT2D eigenvalue weighted by molar-refractivity contribution is -0.142. The number of aliphatic imine (C=N–C) groups is 1. The second-order valence-electron chi connectivity index (χ2n) is 5.81. The molecule has 0 unspecified atom stereocenters. The lowest BCUT2D eigenvalue weighted by Crippen LogP contribution is -2.36. The van der Waals surface area contributed by atoms with Gasteiger partial charge in [0, 0.05) is 44.5 Å². The van der Waals surface area contributed by atoms with Gasteiger partial charge >= 0.3 is 12.8 Å². The molecule has 29 heavy (non-hydrogen) atoms. The third-order valence-electron chi connectivity index (χ3n) is 3.77. The van der Waals surface area contributed by atoms with Crippen LogP contribution in [-0.4, -0.2) is 36.5 Å². The molecule has 1 aromatic carbocycles. The van der Waals surface area contributed by atoms with Gasteiger partial charge in [0.25, 0.3) is 0 Å². The van der Waals surface area contributed by atoms with Crippen LogP contribution in [0.25, 0.3) is 0 Å². The molecule has 2 rings (SSSR count). The van der Waals surface area contributed by atoms with Crippen LogP contribution in [0.4, 0.5) is 22.0 Å². The molecule has 0 radical (unpaired) electrons. The Balaban J connectivity index is 2.07. The maximum atomic E-state index is 13.0. The van der Waals surface area contributed by atoms with E-state index in [9.17, 15) is 22.0 Å². The number of methoxy groups -OCH3 is 1. The fourth-order valence-corrected chi connectivity index (χ4v) is 2.52. The summed E-state index contributed by atoms with van der Waals surface area (Å²) in [5.41, 5.74) is -0.709. The van der Waals surface area contributed by atoms with Gasteiger partial charge < -0.3 is 20.1 Å². The van der Waals surface area contributed by atoms with E-state index in [4.69, 9.17) is 4.74 Å². The number of ether oxygens (including phenoxy) is 2. The summed E-state index contributed by atoms with van der Waals surface area (Å²) in [7, 11) is 4.23. The Morgan fingerprint density at radius 2 is 1.86 bits per heavy atom. The summed E-state index contributed by atoms with van der Waals surface area (Å²) in [5, 5.41) is 9.00. The average molecular weight is 421 g/mol. The van der Waals surface area contributed by atoms with Crippen LogP contribution in [0.3, 0.4) is 0 Å². The van der Waals surface area contributed by atoms with Gasteiger partial charge in [-0.3, -0.25) is 9.67 Å². The first-order valence-corrected chi connectivity index (χ1v) is 8.30. The monoisotopic (exact) mass is 421 g/mol. The Morgan fingerprint density at radius 1 is 1.21 bits per heavy atom. The lowest BCUT2D eigenvalue weighted by atomic mass is 10.2. The van der Waals surface area contributed by atoms with Gasteiger partial charge in [0.1, 0.15) is 11.5 Å². The van der Waals surface area contributed by atoms with E-state index in [2.05, 4.69) is 25.5 Å². The van der Waals surface area contributed by atoms with E-state index < -0.39 is 18.5 Å². The number of hydrogen-bond acceptors (Lipinski definition) is 4. The molecule has 0 bridgehead atoms. The third kappa shape index (κ3) is 6.22. The molecule has 0 fully saturated rings. The predicted octanol–water partition coefficient (Wildman–Crippen LogP) is 2.91. The first-order valence-electron chi connectivity index (χ1n) is 8.30. The molecular weight excluding hydrogens is 401 g/mol. The molecule has 0 aliphatic carbocycles. The number of hydrogen-bond donors (Lipinski definition) is 2. The Hall–Kier alpha value is -3.05. The number of nitrogens with one attached hydrogen (secondary N) is 2. The molecule has 160 valence electrons. The summed E-state index contributed by atoms with van der Waals surface area (Å²) in [6.07, 6.45) is -3.34. The lowest BCUT2D eigenvalue weighted by Gasteiger charge is -2.15. The van der Waals surface area contributed by atoms with Gasteiger partial charge in [-0.15, -0.1) is 0 Å². The summed E-state index contributed by atoms with van der Waals surface area (Å²) < 4.78 is 74.8. The highest BCUT2D eigenvalue weighted by Gasteiger charge is 2.36. The normalized spacial score (nSPS) is 12.2. The molecule has 2 N–H and O–H groups in total. The Labute approximate surface area is 163 Å². The second-order valence-corrected chi connectivity index (χ2v) is 5.81. The summed E-state index contributed by atoms with van der Waals surface area (Å²) in [6, 6.07) is 4.31. The number of alkyl halides is 5. The van der Waals surface area contributed by atoms with E-state index >= 15 is 0 Å². The van der Waals surface area contributed by atoms with Gasteiger partial charge in [0.2, 0.25) is 0 Å². The number of halogens is 5. The van der Waals surface area contributed by atoms with E-state index in [1.807, 2.05) is 0 Å². The average Bonchev–Trinajstić information content (AvgIpc) is 3.03. The van der Waals surface area contributed by atoms with Gasteiger partial charge in [-0.1, -0.05) is 0 Å². The minimum atomic E-state index is -4.59. The van der Waals surface area contributed by atoms with E-state index in [-0.39, 0.29) is 30.4 Å². The van der Waals surface area contributed by atoms with Crippen molar-refractivity contribution in [1.82, 2.24) is 20.4 Å². The van der Waals surface area contributed by atoms with Crippen molar-refractivity contribution in [3.05, 3.63) is 41.2 Å². The standard InChI is InChI=1S/C17H20F5N5O2/c1-23-16(25-8-11-9-27(2)26-14(11)17(20,21)22)24-7-10-6-12(28-3)4-5-13(10)29-15(18)19/h4-6,9,15H,7-8H2,1-3H3,(H2,23,24,25). The van der Waals surface area contributed by atoms with Crippen LogP contribution in [0.15, 0.2) is 29.4 Å². The first kappa shape index (κ1) is 22.2. The summed E-state index contributed by atoms with van der Waals surface area (Å²) >= 11 is 0. The van der Waals surface area contributed by atoms with E-state index in [1.165, 1.54) is 45.6 Å². The molecular formula is C17H20F5N5O2. The van der Waals surface area contributed by atoms with Gasteiger partial charge in [-0.05, 0) is 18.2 Å². The highest BCUT2D eigenvalue weighted by molar-refractivity contribution is 5.79. The summed E-state index contributed by atoms with van der Waals surface area (Å²) in [6.45, 7) is -3.19. The predicted molar refractivity (Wildman–Crippen MR) is 94.9 cm³/mol. The molecule has 0 aliphatic heterocycles. The van der Waals surface area contributed by atoms with Crippen LogP contribution < -0.4 is 20.1 Å². The van der Waals surface area contributed by atoms with Gasteiger partial charge in [0.05, 0.1) is 7.11 Å². The molecule has 1 heterocycles. The highest BCUT2D eigenvalue weighted by Crippen LogP contribution is 2.30. The minimum Gasteiger partial charge on any atom is -0.497 e. The zero-order valence-corrected chi connectivity index (χ0v) is 15.8. The van der Waals surface area contributed by atoms with Crippen molar-refractivity contribution in [2.75, 3.05) is 14.2 Å². The van der Waals surface area contributed by atoms with Gasteiger partial charge in [-0.2, -0.15) is 27.1 Å². The van der Waals surface area contributed by atoms with Crippen LogP contribution in [0, 0.1) is 0 Å². The SMILES string of the molecule is CN=C(NCc1cc(OC)ccc1OC(F)F)NCc1cn(C)nc1C(F)(F)F. The first-order chi connectivity index (χ1) is 13.6. The van der Waals surface area contributed by atoms with E-state index in [1.54, 1.807) is 0 Å². The maximum Gasteiger partial charge on any atom is 0.435 e. The molecule has 0 spiro atoms. The molecule has 0 amide bonds. The largest absolute Gasteiger partial charge is 0.497 e. The van der Waals surface area contributed by atoms with Gasteiger partial charge in [-0.25, -0.2) is 0 Å². The van der Waals surface area contributed by atoms with Crippen molar-refractivity contribution in [3.8, 4) is 11.5 Å². The topological polar surface area (TPSA) is 72.7 Å². The highest BCUT2D eigenvalue weighted by atomic mass is 19.4. The Morgan fingerprint density at radius 3 is 2.41 bits per heavy atom. The van der Waals surface area contributed by atoms with Gasteiger partial charge in [0.15, 0.2) is 11.7 Å². The molecule has 0 atom stereocenters. The van der Waals surface area contributed by atoms with E-state index in [0.29, 0.717) is 11.3 Å². The minimum absolute atomic E-state index is 0.0120. The molecule has 0 saturated carbocycles. The quantitative estimate of drug-likeness (QED) is 0.409. The number of nitrogens with zero attached hydrogens (tertiary/aromatic N) is 3. The van der Waals surface area contributed by atoms with E-state index in [0.717, 1.165) is 4.68 Å². The van der Waals surface area contributed by atoms with Crippen LogP contribution >= 0.6 is 0 Å². The molecule has 7 nitrogen and oxygen atoms in total. The molecule has 0 aliphatic rings. The van der Waals surface area contributed by atoms with Crippen molar-refractivity contribution >= 4 is 5.96 Å². The third-order valence-corrected chi connectivity index (χ3v) is 3.77. The van der Waals surface area contributed by atoms with Crippen molar-refractivity contribution in [2.45, 2.75) is 25.9 Å². The fourth-order valence-electron chi connectivity index (χ4n) is 2.52. The van der Waals surface area contributed by atoms with Crippen molar-refractivity contribution in [3.63, 3.8) is 0 Å². The second kappa shape index (κ2) is 9.43. The zero-order chi connectivity index (χ0) is 21.6. The molecule has 0 saturated heterocycles. The fraction of sp³-hybridized carbons (Fsp3) is 0.412. The smallest absolute Gasteiger partial charge is 0.435 e. The summed E-state index contributed by atoms with van der Waals surface area (Å²) in [4.78, 5) is 3.92. The van der Waals surface area contributed by atoms with Crippen molar-refractivity contribution in [2.24, 2.45) is 12.0 Å². The Kier molecular flexibility index (Phi) is 7.23. The number of guanidine groups is 1. The number of aromatic nitrogens is 2. The van der Waals surface area contributed by atoms with Crippen molar-refractivity contribution < 1.29 is 31.4 Å². The van der Waals surface area contributed by atoms with Crippen LogP contribution in [0.1, 0.15) is 16.8 Å². The maximum absolute atomic E-state index is 13.0.